The molecule has 6 heteroatoms. The van der Waals surface area contributed by atoms with Gasteiger partial charge in [0.05, 0.1) is 12.4 Å². The Morgan fingerprint density at radius 1 is 1.29 bits per heavy atom. The number of hydrogen-bond donors (Lipinski definition) is 1. The first-order valence-corrected chi connectivity index (χ1v) is 9.88. The van der Waals surface area contributed by atoms with E-state index in [9.17, 15) is 8.42 Å². The first kappa shape index (κ1) is 18.6. The molecule has 0 spiro atoms. The van der Waals surface area contributed by atoms with Crippen LogP contribution in [0.3, 0.4) is 0 Å². The zero-order valence-electron chi connectivity index (χ0n) is 12.6. The van der Waals surface area contributed by atoms with Crippen LogP contribution in [0.2, 0.25) is 0 Å². The Morgan fingerprint density at radius 3 is 2.52 bits per heavy atom. The lowest BCUT2D eigenvalue weighted by Gasteiger charge is -2.17. The van der Waals surface area contributed by atoms with Crippen LogP contribution in [0.1, 0.15) is 12.0 Å². The molecule has 1 aromatic carbocycles. The molecule has 120 valence electrons. The standard InChI is InChI=1S/C15H24BrNO3S/c1-20-9-8-17-12-14(7-10-21(2,18)19)11-13-3-5-15(16)6-4-13/h3-6,14,17H,7-12H2,1-2H3. The highest BCUT2D eigenvalue weighted by Crippen LogP contribution is 2.16. The Labute approximate surface area is 136 Å². The van der Waals surface area contributed by atoms with Crippen molar-refractivity contribution < 1.29 is 13.2 Å². The molecule has 0 aliphatic rings. The molecule has 0 heterocycles. The van der Waals surface area contributed by atoms with Crippen LogP contribution >= 0.6 is 15.9 Å². The summed E-state index contributed by atoms with van der Waals surface area (Å²) in [5.41, 5.74) is 1.23. The summed E-state index contributed by atoms with van der Waals surface area (Å²) in [5, 5.41) is 3.33. The maximum absolute atomic E-state index is 11.4. The Morgan fingerprint density at radius 2 is 1.95 bits per heavy atom. The fourth-order valence-electron chi connectivity index (χ4n) is 2.09. The van der Waals surface area contributed by atoms with Crippen molar-refractivity contribution in [1.82, 2.24) is 5.32 Å². The van der Waals surface area contributed by atoms with Crippen molar-refractivity contribution in [1.29, 1.82) is 0 Å². The van der Waals surface area contributed by atoms with E-state index in [1.165, 1.54) is 11.8 Å². The van der Waals surface area contributed by atoms with E-state index in [1.54, 1.807) is 7.11 Å². The zero-order valence-corrected chi connectivity index (χ0v) is 15.0. The van der Waals surface area contributed by atoms with Crippen molar-refractivity contribution in [2.75, 3.05) is 38.8 Å². The Balaban J connectivity index is 2.55. The minimum atomic E-state index is -2.91. The molecule has 21 heavy (non-hydrogen) atoms. The summed E-state index contributed by atoms with van der Waals surface area (Å²) in [7, 11) is -1.24. The monoisotopic (exact) mass is 377 g/mol. The summed E-state index contributed by atoms with van der Waals surface area (Å²) in [6, 6.07) is 8.18. The van der Waals surface area contributed by atoms with Gasteiger partial charge in [-0.05, 0) is 43.0 Å². The number of rotatable bonds is 10. The van der Waals surface area contributed by atoms with E-state index in [-0.39, 0.29) is 5.75 Å². The maximum atomic E-state index is 11.4. The first-order valence-electron chi connectivity index (χ1n) is 7.02. The molecular formula is C15H24BrNO3S. The topological polar surface area (TPSA) is 55.4 Å². The van der Waals surface area contributed by atoms with E-state index in [1.807, 2.05) is 12.1 Å². The Bertz CT molecular complexity index is 502. The highest BCUT2D eigenvalue weighted by Gasteiger charge is 2.13. The lowest BCUT2D eigenvalue weighted by Crippen LogP contribution is -2.28. The summed E-state index contributed by atoms with van der Waals surface area (Å²) < 4.78 is 28.8. The maximum Gasteiger partial charge on any atom is 0.147 e. The van der Waals surface area contributed by atoms with Crippen molar-refractivity contribution in [3.8, 4) is 0 Å². The molecule has 0 aromatic heterocycles. The van der Waals surface area contributed by atoms with Gasteiger partial charge >= 0.3 is 0 Å². The summed E-state index contributed by atoms with van der Waals surface area (Å²) in [6.07, 6.45) is 2.85. The predicted molar refractivity (Wildman–Crippen MR) is 90.4 cm³/mol. The molecular weight excluding hydrogens is 354 g/mol. The third-order valence-electron chi connectivity index (χ3n) is 3.25. The largest absolute Gasteiger partial charge is 0.383 e. The van der Waals surface area contributed by atoms with Crippen molar-refractivity contribution in [2.24, 2.45) is 5.92 Å². The average Bonchev–Trinajstić information content (AvgIpc) is 2.42. The average molecular weight is 378 g/mol. The molecule has 1 N–H and O–H groups in total. The first-order chi connectivity index (χ1) is 9.90. The van der Waals surface area contributed by atoms with Crippen LogP contribution in [-0.4, -0.2) is 47.2 Å². The molecule has 0 saturated heterocycles. The van der Waals surface area contributed by atoms with Crippen molar-refractivity contribution >= 4 is 25.8 Å². The summed E-state index contributed by atoms with van der Waals surface area (Å²) >= 11 is 3.42. The van der Waals surface area contributed by atoms with Crippen molar-refractivity contribution in [3.63, 3.8) is 0 Å². The van der Waals surface area contributed by atoms with Gasteiger partial charge in [0, 0.05) is 24.4 Å². The highest BCUT2D eigenvalue weighted by molar-refractivity contribution is 9.10. The number of nitrogens with one attached hydrogen (secondary N) is 1. The van der Waals surface area contributed by atoms with E-state index in [0.29, 0.717) is 18.9 Å². The molecule has 0 amide bonds. The second-order valence-electron chi connectivity index (χ2n) is 5.31. The van der Waals surface area contributed by atoms with Gasteiger partial charge in [-0.3, -0.25) is 0 Å². The van der Waals surface area contributed by atoms with Crippen LogP contribution < -0.4 is 5.32 Å². The van der Waals surface area contributed by atoms with Gasteiger partial charge in [0.2, 0.25) is 0 Å². The number of benzene rings is 1. The Hall–Kier alpha value is -0.430. The lowest BCUT2D eigenvalue weighted by atomic mass is 9.97. The number of ether oxygens (including phenoxy) is 1. The molecule has 0 radical (unpaired) electrons. The molecule has 1 unspecified atom stereocenters. The molecule has 0 aliphatic carbocycles. The molecule has 1 atom stereocenters. The molecule has 0 aliphatic heterocycles. The molecule has 0 saturated carbocycles. The van der Waals surface area contributed by atoms with Gasteiger partial charge in [-0.25, -0.2) is 8.42 Å². The second kappa shape index (κ2) is 9.56. The third kappa shape index (κ3) is 9.24. The van der Waals surface area contributed by atoms with Crippen LogP contribution in [0.25, 0.3) is 0 Å². The van der Waals surface area contributed by atoms with Gasteiger partial charge in [0.15, 0.2) is 0 Å². The summed E-state index contributed by atoms with van der Waals surface area (Å²) in [6.45, 7) is 2.25. The number of halogens is 1. The molecule has 0 bridgehead atoms. The van der Waals surface area contributed by atoms with Gasteiger partial charge in [-0.15, -0.1) is 0 Å². The van der Waals surface area contributed by atoms with Gasteiger partial charge in [-0.2, -0.15) is 0 Å². The normalized spacial score (nSPS) is 13.3. The van der Waals surface area contributed by atoms with Crippen molar-refractivity contribution in [2.45, 2.75) is 12.8 Å². The Kier molecular flexibility index (Phi) is 8.48. The van der Waals surface area contributed by atoms with E-state index in [0.717, 1.165) is 24.0 Å². The summed E-state index contributed by atoms with van der Waals surface area (Å²) in [4.78, 5) is 0. The second-order valence-corrected chi connectivity index (χ2v) is 8.49. The van der Waals surface area contributed by atoms with E-state index >= 15 is 0 Å². The number of sulfone groups is 1. The number of hydrogen-bond acceptors (Lipinski definition) is 4. The fourth-order valence-corrected chi connectivity index (χ4v) is 3.12. The quantitative estimate of drug-likeness (QED) is 0.635. The summed E-state index contributed by atoms with van der Waals surface area (Å²) in [5.74, 6) is 0.540. The van der Waals surface area contributed by atoms with Crippen molar-refractivity contribution in [3.05, 3.63) is 34.3 Å². The van der Waals surface area contributed by atoms with E-state index < -0.39 is 9.84 Å². The lowest BCUT2D eigenvalue weighted by molar-refractivity contribution is 0.197. The van der Waals surface area contributed by atoms with Gasteiger partial charge in [0.25, 0.3) is 0 Å². The van der Waals surface area contributed by atoms with Gasteiger partial charge < -0.3 is 10.1 Å². The molecule has 4 nitrogen and oxygen atoms in total. The molecule has 0 fully saturated rings. The molecule has 1 aromatic rings. The van der Waals surface area contributed by atoms with Crippen LogP contribution in [0.15, 0.2) is 28.7 Å². The smallest absolute Gasteiger partial charge is 0.147 e. The van der Waals surface area contributed by atoms with Gasteiger partial charge in [-0.1, -0.05) is 28.1 Å². The highest BCUT2D eigenvalue weighted by atomic mass is 79.9. The zero-order chi connectivity index (χ0) is 15.7. The van der Waals surface area contributed by atoms with Crippen LogP contribution in [0, 0.1) is 5.92 Å². The van der Waals surface area contributed by atoms with E-state index in [4.69, 9.17) is 4.74 Å². The fraction of sp³-hybridized carbons (Fsp3) is 0.600. The third-order valence-corrected chi connectivity index (χ3v) is 4.76. The predicted octanol–water partition coefficient (Wildman–Crippen LogP) is 2.28. The van der Waals surface area contributed by atoms with Crippen LogP contribution in [0.5, 0.6) is 0 Å². The SMILES string of the molecule is COCCNCC(CCS(C)(=O)=O)Cc1ccc(Br)cc1. The van der Waals surface area contributed by atoms with Gasteiger partial charge in [0.1, 0.15) is 9.84 Å². The number of methoxy groups -OCH3 is 1. The molecule has 1 rings (SSSR count). The minimum Gasteiger partial charge on any atom is -0.383 e. The minimum absolute atomic E-state index is 0.236. The van der Waals surface area contributed by atoms with Crippen LogP contribution in [-0.2, 0) is 21.0 Å². The van der Waals surface area contributed by atoms with E-state index in [2.05, 4.69) is 33.4 Å². The van der Waals surface area contributed by atoms with Crippen LogP contribution in [0.4, 0.5) is 0 Å².